The highest BCUT2D eigenvalue weighted by Gasteiger charge is 2.49. The van der Waals surface area contributed by atoms with Gasteiger partial charge < -0.3 is 0 Å². The van der Waals surface area contributed by atoms with Crippen molar-refractivity contribution in [3.05, 3.63) is 0 Å². The van der Waals surface area contributed by atoms with Crippen molar-refractivity contribution in [2.24, 2.45) is 23.7 Å². The third-order valence-corrected chi connectivity index (χ3v) is 4.87. The van der Waals surface area contributed by atoms with E-state index in [9.17, 15) is 4.79 Å². The molecule has 1 heteroatoms. The number of carbonyl (C=O) groups excluding carboxylic acids is 1. The van der Waals surface area contributed by atoms with Crippen LogP contribution in [0.2, 0.25) is 0 Å². The van der Waals surface area contributed by atoms with E-state index in [0.29, 0.717) is 17.6 Å². The van der Waals surface area contributed by atoms with Gasteiger partial charge in [-0.3, -0.25) is 4.79 Å². The molecule has 0 aromatic heterocycles. The number of hydrogen-bond donors (Lipinski definition) is 0. The highest BCUT2D eigenvalue weighted by Crippen LogP contribution is 2.51. The number of hydrogen-bond acceptors (Lipinski definition) is 1. The van der Waals surface area contributed by atoms with Crippen LogP contribution in [0.25, 0.3) is 0 Å². The first-order valence-electron chi connectivity index (χ1n) is 6.40. The minimum Gasteiger partial charge on any atom is -0.299 e. The molecule has 0 aliphatic heterocycles. The molecule has 0 amide bonds. The maximum absolute atomic E-state index is 12.1. The molecule has 3 saturated carbocycles. The number of carbonyl (C=O) groups is 1. The molecule has 3 unspecified atom stereocenters. The summed E-state index contributed by atoms with van der Waals surface area (Å²) < 4.78 is 0. The van der Waals surface area contributed by atoms with Crippen molar-refractivity contribution >= 4 is 5.78 Å². The maximum Gasteiger partial charge on any atom is 0.139 e. The molecule has 14 heavy (non-hydrogen) atoms. The van der Waals surface area contributed by atoms with E-state index in [1.165, 1.54) is 51.4 Å². The molecule has 3 rings (SSSR count). The second kappa shape index (κ2) is 3.36. The smallest absolute Gasteiger partial charge is 0.139 e. The van der Waals surface area contributed by atoms with Gasteiger partial charge in [-0.2, -0.15) is 0 Å². The van der Waals surface area contributed by atoms with Crippen LogP contribution >= 0.6 is 0 Å². The molecule has 0 heterocycles. The first-order chi connectivity index (χ1) is 6.86. The molecule has 0 N–H and O–H groups in total. The van der Waals surface area contributed by atoms with Crippen LogP contribution in [-0.2, 0) is 4.79 Å². The Kier molecular flexibility index (Phi) is 2.14. The zero-order valence-electron chi connectivity index (χ0n) is 8.87. The summed E-state index contributed by atoms with van der Waals surface area (Å²) in [6.07, 6.45) is 10.7. The Labute approximate surface area is 86.3 Å². The number of Topliss-reactive ketones (excluding diaryl/α,β-unsaturated/α-hetero) is 1. The average Bonchev–Trinajstić information content (AvgIpc) is 2.79. The summed E-state index contributed by atoms with van der Waals surface area (Å²) in [4.78, 5) is 12.1. The molecule has 0 aromatic rings. The number of fused-ring (bicyclic) bond motifs is 2. The largest absolute Gasteiger partial charge is 0.299 e. The molecule has 0 spiro atoms. The molecular formula is C13H20O. The highest BCUT2D eigenvalue weighted by atomic mass is 16.1. The summed E-state index contributed by atoms with van der Waals surface area (Å²) in [5.74, 6) is 3.25. The minimum absolute atomic E-state index is 0.493. The van der Waals surface area contributed by atoms with Gasteiger partial charge in [0.05, 0.1) is 0 Å². The van der Waals surface area contributed by atoms with Gasteiger partial charge in [-0.05, 0) is 43.9 Å². The van der Waals surface area contributed by atoms with Gasteiger partial charge in [0, 0.05) is 11.8 Å². The lowest BCUT2D eigenvalue weighted by molar-refractivity contribution is -0.128. The number of ketones is 1. The Balaban J connectivity index is 1.74. The van der Waals surface area contributed by atoms with Crippen molar-refractivity contribution in [1.82, 2.24) is 0 Å². The zero-order valence-corrected chi connectivity index (χ0v) is 8.87. The van der Waals surface area contributed by atoms with Crippen LogP contribution in [0, 0.1) is 23.7 Å². The molecule has 78 valence electrons. The standard InChI is InChI=1S/C13H20O/c14-13-11-7-6-10(8-11)12(13)9-4-2-1-3-5-9/h9-12H,1-8H2. The quantitative estimate of drug-likeness (QED) is 0.623. The van der Waals surface area contributed by atoms with E-state index >= 15 is 0 Å². The van der Waals surface area contributed by atoms with Crippen LogP contribution in [0.1, 0.15) is 51.4 Å². The molecule has 0 aromatic carbocycles. The SMILES string of the molecule is O=C1C2CCC(C2)C1C1CCCCC1. The van der Waals surface area contributed by atoms with E-state index in [4.69, 9.17) is 0 Å². The Morgan fingerprint density at radius 3 is 2.29 bits per heavy atom. The van der Waals surface area contributed by atoms with E-state index in [-0.39, 0.29) is 0 Å². The van der Waals surface area contributed by atoms with E-state index in [2.05, 4.69) is 0 Å². The lowest BCUT2D eigenvalue weighted by Crippen LogP contribution is -2.30. The molecule has 3 aliphatic carbocycles. The summed E-state index contributed by atoms with van der Waals surface area (Å²) in [5.41, 5.74) is 0. The van der Waals surface area contributed by atoms with Crippen molar-refractivity contribution in [3.8, 4) is 0 Å². The summed E-state index contributed by atoms with van der Waals surface area (Å²) in [7, 11) is 0. The van der Waals surface area contributed by atoms with Crippen LogP contribution in [0.15, 0.2) is 0 Å². The fraction of sp³-hybridized carbons (Fsp3) is 0.923. The predicted octanol–water partition coefficient (Wildman–Crippen LogP) is 3.18. The van der Waals surface area contributed by atoms with Gasteiger partial charge >= 0.3 is 0 Å². The first kappa shape index (κ1) is 8.94. The second-order valence-electron chi connectivity index (χ2n) is 5.60. The van der Waals surface area contributed by atoms with E-state index in [0.717, 1.165) is 11.8 Å². The summed E-state index contributed by atoms with van der Waals surface area (Å²) in [6, 6.07) is 0. The van der Waals surface area contributed by atoms with Crippen LogP contribution in [0.3, 0.4) is 0 Å². The summed E-state index contributed by atoms with van der Waals surface area (Å²) >= 11 is 0. The predicted molar refractivity (Wildman–Crippen MR) is 55.9 cm³/mol. The van der Waals surface area contributed by atoms with Gasteiger partial charge in [0.15, 0.2) is 0 Å². The lowest BCUT2D eigenvalue weighted by Gasteiger charge is -2.31. The Morgan fingerprint density at radius 1 is 0.857 bits per heavy atom. The van der Waals surface area contributed by atoms with E-state index in [1.807, 2.05) is 0 Å². The van der Waals surface area contributed by atoms with Crippen LogP contribution < -0.4 is 0 Å². The van der Waals surface area contributed by atoms with Gasteiger partial charge in [0.2, 0.25) is 0 Å². The topological polar surface area (TPSA) is 17.1 Å². The van der Waals surface area contributed by atoms with Gasteiger partial charge in [-0.1, -0.05) is 19.3 Å². The molecule has 1 nitrogen and oxygen atoms in total. The molecule has 2 bridgehead atoms. The van der Waals surface area contributed by atoms with Gasteiger partial charge in [0.25, 0.3) is 0 Å². The Hall–Kier alpha value is -0.330. The van der Waals surface area contributed by atoms with Crippen LogP contribution in [-0.4, -0.2) is 5.78 Å². The highest BCUT2D eigenvalue weighted by molar-refractivity contribution is 5.87. The van der Waals surface area contributed by atoms with E-state index < -0.39 is 0 Å². The molecule has 3 aliphatic rings. The third kappa shape index (κ3) is 1.24. The fourth-order valence-corrected chi connectivity index (χ4v) is 4.22. The average molecular weight is 192 g/mol. The van der Waals surface area contributed by atoms with Crippen LogP contribution in [0.4, 0.5) is 0 Å². The monoisotopic (exact) mass is 192 g/mol. The second-order valence-corrected chi connectivity index (χ2v) is 5.60. The Bertz CT molecular complexity index is 240. The molecule has 3 atom stereocenters. The summed E-state index contributed by atoms with van der Waals surface area (Å²) in [6.45, 7) is 0. The van der Waals surface area contributed by atoms with Crippen molar-refractivity contribution in [2.45, 2.75) is 51.4 Å². The molecular weight excluding hydrogens is 172 g/mol. The van der Waals surface area contributed by atoms with E-state index in [1.54, 1.807) is 0 Å². The number of rotatable bonds is 1. The molecule has 3 fully saturated rings. The lowest BCUT2D eigenvalue weighted by atomic mass is 9.72. The minimum atomic E-state index is 0.493. The maximum atomic E-state index is 12.1. The Morgan fingerprint density at radius 2 is 1.64 bits per heavy atom. The van der Waals surface area contributed by atoms with Crippen molar-refractivity contribution in [3.63, 3.8) is 0 Å². The first-order valence-corrected chi connectivity index (χ1v) is 6.40. The van der Waals surface area contributed by atoms with Crippen molar-refractivity contribution in [2.75, 3.05) is 0 Å². The van der Waals surface area contributed by atoms with Gasteiger partial charge in [0.1, 0.15) is 5.78 Å². The van der Waals surface area contributed by atoms with Crippen molar-refractivity contribution in [1.29, 1.82) is 0 Å². The van der Waals surface area contributed by atoms with Gasteiger partial charge in [-0.15, -0.1) is 0 Å². The molecule has 0 saturated heterocycles. The normalized spacial score (nSPS) is 43.4. The van der Waals surface area contributed by atoms with Crippen molar-refractivity contribution < 1.29 is 4.79 Å². The van der Waals surface area contributed by atoms with Gasteiger partial charge in [-0.25, -0.2) is 0 Å². The molecule has 0 radical (unpaired) electrons. The fourth-order valence-electron chi connectivity index (χ4n) is 4.22. The summed E-state index contributed by atoms with van der Waals surface area (Å²) in [5, 5.41) is 0. The third-order valence-electron chi connectivity index (χ3n) is 4.87. The zero-order chi connectivity index (χ0) is 9.54. The van der Waals surface area contributed by atoms with Crippen LogP contribution in [0.5, 0.6) is 0 Å².